The van der Waals surface area contributed by atoms with Gasteiger partial charge in [0.25, 0.3) is 11.1 Å². The lowest BCUT2D eigenvalue weighted by molar-refractivity contribution is -0.138. The summed E-state index contributed by atoms with van der Waals surface area (Å²) < 4.78 is 140. The van der Waals surface area contributed by atoms with Gasteiger partial charge in [0.05, 0.1) is 32.0 Å². The molecule has 4 rings (SSSR count). The third kappa shape index (κ3) is 5.72. The van der Waals surface area contributed by atoms with Crippen LogP contribution in [0.2, 0.25) is 0 Å². The summed E-state index contributed by atoms with van der Waals surface area (Å²) in [6, 6.07) is 1.48. The summed E-state index contributed by atoms with van der Waals surface area (Å²) in [7, 11) is -7.52. The second-order valence-corrected chi connectivity index (χ2v) is 14.5. The van der Waals surface area contributed by atoms with Gasteiger partial charge in [-0.1, -0.05) is 0 Å². The Morgan fingerprint density at radius 1 is 0.630 bits per heavy atom. The van der Waals surface area contributed by atoms with Crippen molar-refractivity contribution in [3.8, 4) is 22.3 Å². The molecule has 0 aliphatic carbocycles. The topological polar surface area (TPSA) is 161 Å². The molecule has 0 saturated heterocycles. The van der Waals surface area contributed by atoms with E-state index >= 15 is 0 Å². The predicted octanol–water partition coefficient (Wildman–Crippen LogP) is 3.77. The van der Waals surface area contributed by atoms with Crippen molar-refractivity contribution in [1.29, 1.82) is 0 Å². The minimum Gasteiger partial charge on any atom is -0.300 e. The van der Waals surface area contributed by atoms with Crippen molar-refractivity contribution >= 4 is 25.5 Å². The van der Waals surface area contributed by atoms with Gasteiger partial charge in [-0.2, -0.15) is 26.3 Å². The molecule has 0 aliphatic heterocycles. The van der Waals surface area contributed by atoms with Crippen LogP contribution in [0.5, 0.6) is 0 Å². The highest BCUT2D eigenvalue weighted by Crippen LogP contribution is 2.45. The number of aromatic nitrogens is 4. The molecule has 46 heavy (non-hydrogen) atoms. The number of H-pyrrole nitrogens is 2. The average Bonchev–Trinajstić information content (AvgIpc) is 3.29. The van der Waals surface area contributed by atoms with Crippen molar-refractivity contribution in [3.63, 3.8) is 0 Å². The Kier molecular flexibility index (Phi) is 8.14. The Morgan fingerprint density at radius 2 is 0.935 bits per heavy atom. The number of hydrogen-bond donors (Lipinski definition) is 2. The number of sulfone groups is 2. The van der Waals surface area contributed by atoms with E-state index in [4.69, 9.17) is 0 Å². The number of aromatic amines is 2. The van der Waals surface area contributed by atoms with Gasteiger partial charge < -0.3 is 0 Å². The molecule has 2 heterocycles. The fourth-order valence-electron chi connectivity index (χ4n) is 5.37. The molecule has 2 aromatic carbocycles. The maximum absolute atomic E-state index is 14.3. The monoisotopic (exact) mass is 694 g/mol. The Morgan fingerprint density at radius 3 is 1.15 bits per heavy atom. The lowest BCUT2D eigenvalue weighted by Gasteiger charge is -2.21. The highest BCUT2D eigenvalue weighted by atomic mass is 32.2. The number of benzene rings is 2. The largest absolute Gasteiger partial charge is 0.417 e. The maximum atomic E-state index is 14.3. The summed E-state index contributed by atoms with van der Waals surface area (Å²) in [6.07, 6.45) is -9.68. The van der Waals surface area contributed by atoms with E-state index in [1.807, 2.05) is 0 Å². The first kappa shape index (κ1) is 34.5. The molecule has 2 N–H and O–H groups in total. The molecule has 0 bridgehead atoms. The van der Waals surface area contributed by atoms with Crippen molar-refractivity contribution < 1.29 is 48.0 Å². The van der Waals surface area contributed by atoms with Gasteiger partial charge in [-0.05, 0) is 38.1 Å². The van der Waals surface area contributed by atoms with E-state index in [1.54, 1.807) is 0 Å². The number of alkyl halides is 6. The van der Waals surface area contributed by atoms with Gasteiger partial charge in [0.15, 0.2) is 25.5 Å². The van der Waals surface area contributed by atoms with Gasteiger partial charge >= 0.3 is 12.4 Å². The number of hydrogen-bond acceptors (Lipinski definition) is 7. The third-order valence-electron chi connectivity index (χ3n) is 7.11. The molecule has 0 fully saturated rings. The molecule has 0 unspecified atom stereocenters. The molecule has 0 radical (unpaired) electrons. The molecule has 0 spiro atoms. The van der Waals surface area contributed by atoms with Crippen LogP contribution in [0.3, 0.4) is 0 Å². The molecule has 4 aromatic rings. The van der Waals surface area contributed by atoms with E-state index < -0.39 is 103 Å². The zero-order valence-electron chi connectivity index (χ0n) is 24.6. The summed E-state index contributed by atoms with van der Waals surface area (Å²) in [5.41, 5.74) is -12.0. The van der Waals surface area contributed by atoms with E-state index in [9.17, 15) is 57.6 Å². The second-order valence-electron chi connectivity index (χ2n) is 10.6. The number of rotatable bonds is 6. The first-order valence-corrected chi connectivity index (χ1v) is 16.5. The molecule has 248 valence electrons. The minimum atomic E-state index is -5.28. The van der Waals surface area contributed by atoms with E-state index in [0.717, 1.165) is 23.5 Å². The van der Waals surface area contributed by atoms with Gasteiger partial charge in [-0.15, -0.1) is 0 Å². The summed E-state index contributed by atoms with van der Waals surface area (Å²) in [6.45, 7) is 2.34. The zero-order chi connectivity index (χ0) is 35.1. The highest BCUT2D eigenvalue weighted by Gasteiger charge is 2.43. The normalized spacial score (nSPS) is 13.0. The van der Waals surface area contributed by atoms with Gasteiger partial charge in [0.2, 0.25) is 0 Å². The molecular formula is C27H24F6N4O7S2. The number of halogens is 6. The van der Waals surface area contributed by atoms with E-state index in [1.165, 1.54) is 13.8 Å². The first-order chi connectivity index (χ1) is 20.8. The Labute approximate surface area is 256 Å². The number of ketones is 1. The fourth-order valence-corrected chi connectivity index (χ4v) is 7.65. The van der Waals surface area contributed by atoms with Gasteiger partial charge in [-0.3, -0.25) is 33.9 Å². The number of nitrogens with one attached hydrogen (secondary N) is 2. The quantitative estimate of drug-likeness (QED) is 0.230. The molecular weight excluding hydrogens is 670 g/mol. The molecule has 0 saturated carbocycles. The summed E-state index contributed by atoms with van der Waals surface area (Å²) in [5.74, 6) is -1.61. The first-order valence-electron chi connectivity index (χ1n) is 12.7. The molecule has 0 amide bonds. The summed E-state index contributed by atoms with van der Waals surface area (Å²) >= 11 is 0. The predicted molar refractivity (Wildman–Crippen MR) is 152 cm³/mol. The third-order valence-corrected chi connectivity index (χ3v) is 9.45. The van der Waals surface area contributed by atoms with Crippen LogP contribution in [0.4, 0.5) is 26.3 Å². The summed E-state index contributed by atoms with van der Waals surface area (Å²) in [4.78, 5) is 37.4. The Balaban J connectivity index is 2.27. The number of carbonyl (C=O) groups is 1. The SMILES string of the molecule is Cc1[nH]n(C)c(=O)c1-c1c(C(F)(F)F)ccc(C(=O)c2ccc(C(F)(F)F)c(-c3c(C)[nH]n(C)c3=O)c2S(C)(=O)=O)c1S(C)(=O)=O. The van der Waals surface area contributed by atoms with Crippen LogP contribution in [0, 0.1) is 13.8 Å². The smallest absolute Gasteiger partial charge is 0.300 e. The fraction of sp³-hybridized carbons (Fsp3) is 0.296. The van der Waals surface area contributed by atoms with E-state index in [-0.39, 0.29) is 11.4 Å². The van der Waals surface area contributed by atoms with Crippen molar-refractivity contribution in [2.75, 3.05) is 12.5 Å². The highest BCUT2D eigenvalue weighted by molar-refractivity contribution is 7.91. The van der Waals surface area contributed by atoms with Crippen LogP contribution >= 0.6 is 0 Å². The number of aryl methyl sites for hydroxylation is 4. The molecule has 19 heteroatoms. The molecule has 2 aromatic heterocycles. The number of nitrogens with zero attached hydrogens (tertiary/aromatic N) is 2. The van der Waals surface area contributed by atoms with Crippen LogP contribution in [-0.4, -0.2) is 54.7 Å². The van der Waals surface area contributed by atoms with Crippen molar-refractivity contribution in [2.45, 2.75) is 36.0 Å². The van der Waals surface area contributed by atoms with Crippen LogP contribution in [-0.2, 0) is 46.1 Å². The average molecular weight is 695 g/mol. The number of carbonyl (C=O) groups excluding carboxylic acids is 1. The van der Waals surface area contributed by atoms with Gasteiger partial charge in [0, 0.05) is 60.2 Å². The Hall–Kier alpha value is -4.39. The van der Waals surface area contributed by atoms with Gasteiger partial charge in [-0.25, -0.2) is 16.8 Å². The zero-order valence-corrected chi connectivity index (χ0v) is 26.3. The van der Waals surface area contributed by atoms with Gasteiger partial charge in [0.1, 0.15) is 0 Å². The maximum Gasteiger partial charge on any atom is 0.417 e. The lowest BCUT2D eigenvalue weighted by atomic mass is 9.91. The van der Waals surface area contributed by atoms with Crippen molar-refractivity contribution in [3.05, 3.63) is 78.6 Å². The molecule has 11 nitrogen and oxygen atoms in total. The lowest BCUT2D eigenvalue weighted by Crippen LogP contribution is -2.22. The van der Waals surface area contributed by atoms with Crippen LogP contribution in [0.15, 0.2) is 43.6 Å². The Bertz CT molecular complexity index is 2130. The second kappa shape index (κ2) is 10.9. The van der Waals surface area contributed by atoms with Crippen molar-refractivity contribution in [2.24, 2.45) is 14.1 Å². The van der Waals surface area contributed by atoms with E-state index in [2.05, 4.69) is 10.2 Å². The standard InChI is InChI=1S/C27H24F6N4O7S2/c1-11-17(24(39)36(3)34-11)19-15(26(28,29)30)9-7-13(22(19)45(5,41)42)21(38)14-8-10-16(27(31,32)33)20(23(14)46(6,43)44)18-12(2)35-37(4)25(18)40/h7-10,34-35H,1-6H3. The summed E-state index contributed by atoms with van der Waals surface area (Å²) in [5, 5.41) is 4.87. The van der Waals surface area contributed by atoms with Crippen molar-refractivity contribution in [1.82, 2.24) is 19.6 Å². The van der Waals surface area contributed by atoms with Crippen LogP contribution in [0.25, 0.3) is 22.3 Å². The van der Waals surface area contributed by atoms with E-state index in [0.29, 0.717) is 36.8 Å². The van der Waals surface area contributed by atoms with Crippen LogP contribution < -0.4 is 11.1 Å². The minimum absolute atomic E-state index is 0.222. The molecule has 0 aliphatic rings. The van der Waals surface area contributed by atoms with Crippen LogP contribution in [0.1, 0.15) is 38.4 Å². The molecule has 0 atom stereocenters.